The van der Waals surface area contributed by atoms with E-state index in [-0.39, 0.29) is 45.6 Å². The van der Waals surface area contributed by atoms with Gasteiger partial charge in [-0.1, -0.05) is 36.6 Å². The molecule has 1 fully saturated rings. The van der Waals surface area contributed by atoms with E-state index in [4.69, 9.17) is 30.5 Å². The number of halogens is 1. The van der Waals surface area contributed by atoms with Crippen LogP contribution >= 0.6 is 11.6 Å². The summed E-state index contributed by atoms with van der Waals surface area (Å²) in [6, 6.07) is 14.8. The molecule has 3 aromatic carbocycles. The van der Waals surface area contributed by atoms with Crippen LogP contribution in [0.2, 0.25) is 5.02 Å². The Hall–Kier alpha value is -4.16. The second-order valence-electron chi connectivity index (χ2n) is 10.9. The summed E-state index contributed by atoms with van der Waals surface area (Å²) in [7, 11) is 1.34. The number of methoxy groups -OCH3 is 4. The summed E-state index contributed by atoms with van der Waals surface area (Å²) in [5.74, 6) is 0.395. The number of nitrogens with one attached hydrogen (secondary N) is 1. The second-order valence-corrected chi connectivity index (χ2v) is 13.2. The van der Waals surface area contributed by atoms with Crippen molar-refractivity contribution in [3.8, 4) is 23.0 Å². The van der Waals surface area contributed by atoms with Crippen molar-refractivity contribution in [2.75, 3.05) is 39.3 Å². The number of sulfonamides is 1. The highest BCUT2D eigenvalue weighted by molar-refractivity contribution is 7.92. The zero-order valence-corrected chi connectivity index (χ0v) is 28.2. The number of ether oxygens (including phenoxy) is 4. The number of carbonyl (C=O) groups is 2. The molecule has 2 amide bonds. The number of hydrogen-bond donors (Lipinski definition) is 1. The van der Waals surface area contributed by atoms with Crippen LogP contribution in [0, 0.1) is 0 Å². The summed E-state index contributed by atoms with van der Waals surface area (Å²) in [4.78, 5) is 29.0. The molecule has 1 saturated carbocycles. The molecule has 0 heterocycles. The quantitative estimate of drug-likeness (QED) is 0.252. The van der Waals surface area contributed by atoms with Gasteiger partial charge >= 0.3 is 0 Å². The SMILES string of the molecule is COc1ccc(CN(C(=O)CN(c2cc(Cl)ccc2OC)S(=O)(=O)c2ccc(OC)c(OC)c2)[C@@H](C)C(=O)NC2CCCC2)cc1. The smallest absolute Gasteiger partial charge is 0.265 e. The fourth-order valence-electron chi connectivity index (χ4n) is 5.38. The lowest BCUT2D eigenvalue weighted by Gasteiger charge is -2.33. The largest absolute Gasteiger partial charge is 0.497 e. The van der Waals surface area contributed by atoms with Crippen LogP contribution in [0.3, 0.4) is 0 Å². The first-order valence-electron chi connectivity index (χ1n) is 14.8. The van der Waals surface area contributed by atoms with Crippen LogP contribution < -0.4 is 28.6 Å². The van der Waals surface area contributed by atoms with Gasteiger partial charge in [0.2, 0.25) is 11.8 Å². The van der Waals surface area contributed by atoms with Gasteiger partial charge in [0.1, 0.15) is 24.1 Å². The first kappa shape index (κ1) is 34.7. The van der Waals surface area contributed by atoms with Gasteiger partial charge in [0, 0.05) is 23.7 Å². The minimum atomic E-state index is -4.44. The summed E-state index contributed by atoms with van der Waals surface area (Å²) in [6.07, 6.45) is 3.80. The minimum absolute atomic E-state index is 0.0329. The maximum absolute atomic E-state index is 14.4. The molecular formula is C33H40ClN3O8S. The molecule has 248 valence electrons. The van der Waals surface area contributed by atoms with Gasteiger partial charge in [-0.3, -0.25) is 13.9 Å². The molecule has 1 aliphatic rings. The summed E-state index contributed by atoms with van der Waals surface area (Å²) < 4.78 is 51.1. The summed E-state index contributed by atoms with van der Waals surface area (Å²) in [6.45, 7) is 1.02. The minimum Gasteiger partial charge on any atom is -0.497 e. The number of benzene rings is 3. The van der Waals surface area contributed by atoms with E-state index in [2.05, 4.69) is 5.32 Å². The first-order valence-corrected chi connectivity index (χ1v) is 16.6. The van der Waals surface area contributed by atoms with E-state index in [1.807, 2.05) is 0 Å². The lowest BCUT2D eigenvalue weighted by molar-refractivity contribution is -0.139. The van der Waals surface area contributed by atoms with Crippen molar-refractivity contribution in [2.45, 2.75) is 56.1 Å². The van der Waals surface area contributed by atoms with E-state index in [1.54, 1.807) is 44.4 Å². The highest BCUT2D eigenvalue weighted by atomic mass is 35.5. The van der Waals surface area contributed by atoms with Gasteiger partial charge in [-0.2, -0.15) is 0 Å². The Labute approximate surface area is 275 Å². The van der Waals surface area contributed by atoms with Gasteiger partial charge in [0.25, 0.3) is 10.0 Å². The monoisotopic (exact) mass is 673 g/mol. The van der Waals surface area contributed by atoms with Crippen molar-refractivity contribution < 1.29 is 37.0 Å². The van der Waals surface area contributed by atoms with Crippen molar-refractivity contribution >= 4 is 39.1 Å². The van der Waals surface area contributed by atoms with Gasteiger partial charge in [0.15, 0.2) is 11.5 Å². The second kappa shape index (κ2) is 15.4. The number of rotatable bonds is 14. The Balaban J connectivity index is 1.77. The molecule has 0 aromatic heterocycles. The highest BCUT2D eigenvalue weighted by Gasteiger charge is 2.35. The standard InChI is InChI=1S/C33H40ClN3O8S/c1-22(33(39)35-25-8-6-7-9-25)36(20-23-10-13-26(42-2)14-11-23)32(38)21-37(28-18-24(34)12-16-29(28)43-3)46(40,41)27-15-17-30(44-4)31(19-27)45-5/h10-19,22,25H,6-9,20-21H2,1-5H3,(H,35,39)/t22-/m0/s1. The van der Waals surface area contributed by atoms with Crippen LogP contribution in [0.5, 0.6) is 23.0 Å². The molecule has 0 spiro atoms. The van der Waals surface area contributed by atoms with Gasteiger partial charge in [-0.15, -0.1) is 0 Å². The molecule has 46 heavy (non-hydrogen) atoms. The van der Waals surface area contributed by atoms with Crippen molar-refractivity contribution in [3.05, 3.63) is 71.2 Å². The fourth-order valence-corrected chi connectivity index (χ4v) is 6.98. The average Bonchev–Trinajstić information content (AvgIpc) is 3.58. The van der Waals surface area contributed by atoms with E-state index < -0.39 is 28.5 Å². The first-order chi connectivity index (χ1) is 22.0. The molecule has 0 saturated heterocycles. The molecule has 0 bridgehead atoms. The van der Waals surface area contributed by atoms with Crippen LogP contribution in [-0.4, -0.2) is 72.2 Å². The number of hydrogen-bond acceptors (Lipinski definition) is 8. The summed E-state index contributed by atoms with van der Waals surface area (Å²) in [5, 5.41) is 3.29. The molecular weight excluding hydrogens is 634 g/mol. The normalized spacial score (nSPS) is 13.9. The van der Waals surface area contributed by atoms with Crippen molar-refractivity contribution in [1.82, 2.24) is 10.2 Å². The third-order valence-electron chi connectivity index (χ3n) is 8.01. The number of nitrogens with zero attached hydrogens (tertiary/aromatic N) is 2. The highest BCUT2D eigenvalue weighted by Crippen LogP contribution is 2.37. The molecule has 3 aromatic rings. The lowest BCUT2D eigenvalue weighted by Crippen LogP contribution is -2.52. The maximum atomic E-state index is 14.4. The van der Waals surface area contributed by atoms with E-state index in [9.17, 15) is 18.0 Å². The van der Waals surface area contributed by atoms with Gasteiger partial charge in [-0.25, -0.2) is 8.42 Å². The van der Waals surface area contributed by atoms with E-state index >= 15 is 0 Å². The third kappa shape index (κ3) is 7.97. The van der Waals surface area contributed by atoms with Crippen LogP contribution in [0.4, 0.5) is 5.69 Å². The Morgan fingerprint density at radius 2 is 1.50 bits per heavy atom. The molecule has 4 rings (SSSR count). The lowest BCUT2D eigenvalue weighted by atomic mass is 10.1. The van der Waals surface area contributed by atoms with E-state index in [0.29, 0.717) is 11.5 Å². The average molecular weight is 674 g/mol. The number of carbonyl (C=O) groups excluding carboxylic acids is 2. The zero-order valence-electron chi connectivity index (χ0n) is 26.6. The molecule has 11 nitrogen and oxygen atoms in total. The Morgan fingerprint density at radius 3 is 2.11 bits per heavy atom. The molecule has 0 aliphatic heterocycles. The molecule has 1 atom stereocenters. The number of amides is 2. The molecule has 0 unspecified atom stereocenters. The van der Waals surface area contributed by atoms with Gasteiger partial charge in [0.05, 0.1) is 39.0 Å². The zero-order chi connectivity index (χ0) is 33.4. The predicted octanol–water partition coefficient (Wildman–Crippen LogP) is 5.05. The topological polar surface area (TPSA) is 124 Å². The Bertz CT molecular complexity index is 1630. The van der Waals surface area contributed by atoms with Crippen LogP contribution in [0.25, 0.3) is 0 Å². The maximum Gasteiger partial charge on any atom is 0.265 e. The van der Waals surface area contributed by atoms with Crippen molar-refractivity contribution in [2.24, 2.45) is 0 Å². The Kier molecular flexibility index (Phi) is 11.6. The summed E-state index contributed by atoms with van der Waals surface area (Å²) >= 11 is 6.33. The van der Waals surface area contributed by atoms with Crippen LogP contribution in [0.1, 0.15) is 38.2 Å². The number of anilines is 1. The van der Waals surface area contributed by atoms with Crippen LogP contribution in [0.15, 0.2) is 65.6 Å². The predicted molar refractivity (Wildman–Crippen MR) is 175 cm³/mol. The van der Waals surface area contributed by atoms with E-state index in [1.165, 1.54) is 56.6 Å². The summed E-state index contributed by atoms with van der Waals surface area (Å²) in [5.41, 5.74) is 0.773. The van der Waals surface area contributed by atoms with Gasteiger partial charge in [-0.05, 0) is 67.8 Å². The molecule has 13 heteroatoms. The van der Waals surface area contributed by atoms with E-state index in [0.717, 1.165) is 35.6 Å². The molecule has 1 aliphatic carbocycles. The fraction of sp³-hybridized carbons (Fsp3) is 0.394. The van der Waals surface area contributed by atoms with Crippen LogP contribution in [-0.2, 0) is 26.2 Å². The molecule has 0 radical (unpaired) electrons. The van der Waals surface area contributed by atoms with Crippen molar-refractivity contribution in [1.29, 1.82) is 0 Å². The Morgan fingerprint density at radius 1 is 0.870 bits per heavy atom. The third-order valence-corrected chi connectivity index (χ3v) is 10.0. The molecule has 1 N–H and O–H groups in total. The van der Waals surface area contributed by atoms with Crippen molar-refractivity contribution in [3.63, 3.8) is 0 Å². The van der Waals surface area contributed by atoms with Gasteiger partial charge < -0.3 is 29.2 Å².